The van der Waals surface area contributed by atoms with Gasteiger partial charge in [-0.15, -0.1) is 5.10 Å². The highest BCUT2D eigenvalue weighted by Gasteiger charge is 2.09. The van der Waals surface area contributed by atoms with Gasteiger partial charge in [-0.05, 0) is 24.3 Å². The van der Waals surface area contributed by atoms with Gasteiger partial charge in [0.15, 0.2) is 0 Å². The third-order valence-corrected chi connectivity index (χ3v) is 4.06. The molecule has 0 aliphatic heterocycles. The Hall–Kier alpha value is -2.65. The summed E-state index contributed by atoms with van der Waals surface area (Å²) in [6.07, 6.45) is 2.83. The molecule has 2 heterocycles. The first-order valence-corrected chi connectivity index (χ1v) is 8.10. The zero-order valence-electron chi connectivity index (χ0n) is 11.8. The predicted molar refractivity (Wildman–Crippen MR) is 80.1 cm³/mol. The minimum absolute atomic E-state index is 0.0316. The van der Waals surface area contributed by atoms with Crippen molar-refractivity contribution in [1.82, 2.24) is 20.0 Å². The molecule has 0 fully saturated rings. The maximum atomic E-state index is 12.8. The number of primary sulfonamides is 1. The Morgan fingerprint density at radius 2 is 1.87 bits per heavy atom. The molecule has 3 rings (SSSR count). The molecule has 2 aromatic heterocycles. The Morgan fingerprint density at radius 1 is 1.13 bits per heavy atom. The standard InChI is InChI=1S/C14H12FN5O2S/c15-11-3-4-12(17-7-11)8-20-9-14(18-19-20)10-1-5-13(6-2-10)23(16,21)22/h1-7,9H,8H2,(H2,16,21,22). The predicted octanol–water partition coefficient (Wildman–Crippen LogP) is 1.17. The fraction of sp³-hybridized carbons (Fsp3) is 0.0714. The van der Waals surface area contributed by atoms with Crippen LogP contribution >= 0.6 is 0 Å². The van der Waals surface area contributed by atoms with Crippen LogP contribution in [0, 0.1) is 5.82 Å². The second-order valence-corrected chi connectivity index (χ2v) is 6.40. The summed E-state index contributed by atoms with van der Waals surface area (Å²) in [5.74, 6) is -0.400. The van der Waals surface area contributed by atoms with E-state index in [1.807, 2.05) is 0 Å². The molecule has 0 amide bonds. The summed E-state index contributed by atoms with van der Waals surface area (Å²) >= 11 is 0. The monoisotopic (exact) mass is 333 g/mol. The molecular weight excluding hydrogens is 321 g/mol. The molecule has 0 atom stereocenters. The number of pyridine rings is 1. The molecule has 0 spiro atoms. The Kier molecular flexibility index (Phi) is 3.89. The number of halogens is 1. The molecule has 23 heavy (non-hydrogen) atoms. The average molecular weight is 333 g/mol. The average Bonchev–Trinajstić information content (AvgIpc) is 2.97. The van der Waals surface area contributed by atoms with Crippen LogP contribution in [0.15, 0.2) is 53.7 Å². The first-order valence-electron chi connectivity index (χ1n) is 6.55. The van der Waals surface area contributed by atoms with Gasteiger partial charge in [0.1, 0.15) is 11.5 Å². The fourth-order valence-corrected chi connectivity index (χ4v) is 2.50. The number of aromatic nitrogens is 4. The highest BCUT2D eigenvalue weighted by Crippen LogP contribution is 2.18. The maximum absolute atomic E-state index is 12.8. The largest absolute Gasteiger partial charge is 0.256 e. The van der Waals surface area contributed by atoms with Crippen LogP contribution in [0.25, 0.3) is 11.3 Å². The van der Waals surface area contributed by atoms with Gasteiger partial charge >= 0.3 is 0 Å². The summed E-state index contributed by atoms with van der Waals surface area (Å²) in [7, 11) is -3.72. The lowest BCUT2D eigenvalue weighted by molar-refractivity contribution is 0.598. The number of nitrogens with two attached hydrogens (primary N) is 1. The van der Waals surface area contributed by atoms with E-state index in [2.05, 4.69) is 15.3 Å². The van der Waals surface area contributed by atoms with Crippen molar-refractivity contribution in [2.45, 2.75) is 11.4 Å². The fourth-order valence-electron chi connectivity index (χ4n) is 1.99. The minimum atomic E-state index is -3.72. The van der Waals surface area contributed by atoms with Gasteiger partial charge in [-0.3, -0.25) is 4.98 Å². The number of hydrogen-bond donors (Lipinski definition) is 1. The van der Waals surface area contributed by atoms with Crippen LogP contribution in [0.1, 0.15) is 5.69 Å². The van der Waals surface area contributed by atoms with Crippen LogP contribution in [0.5, 0.6) is 0 Å². The molecule has 118 valence electrons. The Morgan fingerprint density at radius 3 is 2.48 bits per heavy atom. The van der Waals surface area contributed by atoms with Crippen molar-refractivity contribution in [1.29, 1.82) is 0 Å². The third-order valence-electron chi connectivity index (χ3n) is 3.13. The number of nitrogens with zero attached hydrogens (tertiary/aromatic N) is 4. The molecule has 0 saturated heterocycles. The minimum Gasteiger partial charge on any atom is -0.256 e. The van der Waals surface area contributed by atoms with Crippen molar-refractivity contribution in [3.05, 3.63) is 60.3 Å². The van der Waals surface area contributed by atoms with E-state index < -0.39 is 15.8 Å². The molecule has 0 radical (unpaired) electrons. The van der Waals surface area contributed by atoms with Gasteiger partial charge in [-0.25, -0.2) is 22.6 Å². The third kappa shape index (κ3) is 3.58. The van der Waals surface area contributed by atoms with E-state index in [1.165, 1.54) is 18.2 Å². The first kappa shape index (κ1) is 15.3. The van der Waals surface area contributed by atoms with Crippen molar-refractivity contribution < 1.29 is 12.8 Å². The van der Waals surface area contributed by atoms with Crippen molar-refractivity contribution in [3.63, 3.8) is 0 Å². The topological polar surface area (TPSA) is 104 Å². The van der Waals surface area contributed by atoms with Crippen LogP contribution < -0.4 is 5.14 Å². The quantitative estimate of drug-likeness (QED) is 0.772. The number of rotatable bonds is 4. The van der Waals surface area contributed by atoms with E-state index in [-0.39, 0.29) is 4.90 Å². The van der Waals surface area contributed by atoms with Gasteiger partial charge in [0.2, 0.25) is 10.0 Å². The highest BCUT2D eigenvalue weighted by atomic mass is 32.2. The highest BCUT2D eigenvalue weighted by molar-refractivity contribution is 7.89. The van der Waals surface area contributed by atoms with Crippen molar-refractivity contribution in [2.75, 3.05) is 0 Å². The number of benzene rings is 1. The Labute approximate surface area is 131 Å². The lowest BCUT2D eigenvalue weighted by Crippen LogP contribution is -2.11. The van der Waals surface area contributed by atoms with Crippen molar-refractivity contribution in [2.24, 2.45) is 5.14 Å². The van der Waals surface area contributed by atoms with Crippen molar-refractivity contribution >= 4 is 10.0 Å². The molecule has 7 nitrogen and oxygen atoms in total. The smallest absolute Gasteiger partial charge is 0.238 e. The van der Waals surface area contributed by atoms with Gasteiger partial charge < -0.3 is 0 Å². The summed E-state index contributed by atoms with van der Waals surface area (Å²) < 4.78 is 36.8. The van der Waals surface area contributed by atoms with Gasteiger partial charge in [0.25, 0.3) is 0 Å². The molecule has 0 bridgehead atoms. The SMILES string of the molecule is NS(=O)(=O)c1ccc(-c2cn(Cc3ccc(F)cn3)nn2)cc1. The van der Waals surface area contributed by atoms with Crippen molar-refractivity contribution in [3.8, 4) is 11.3 Å². The van der Waals surface area contributed by atoms with Gasteiger partial charge in [-0.2, -0.15) is 0 Å². The molecule has 0 saturated carbocycles. The van der Waals surface area contributed by atoms with E-state index in [0.29, 0.717) is 23.5 Å². The summed E-state index contributed by atoms with van der Waals surface area (Å²) in [6.45, 7) is 0.350. The molecule has 3 aromatic rings. The van der Waals surface area contributed by atoms with Crippen LogP contribution in [-0.2, 0) is 16.6 Å². The van der Waals surface area contributed by atoms with E-state index >= 15 is 0 Å². The Bertz CT molecular complexity index is 921. The van der Waals surface area contributed by atoms with E-state index in [4.69, 9.17) is 5.14 Å². The van der Waals surface area contributed by atoms with Crippen LogP contribution in [0.2, 0.25) is 0 Å². The molecule has 9 heteroatoms. The van der Waals surface area contributed by atoms with Gasteiger partial charge in [-0.1, -0.05) is 17.3 Å². The lowest BCUT2D eigenvalue weighted by Gasteiger charge is -2.00. The Balaban J connectivity index is 1.80. The first-order chi connectivity index (χ1) is 10.9. The molecule has 0 aliphatic rings. The zero-order valence-corrected chi connectivity index (χ0v) is 12.6. The molecule has 0 unspecified atom stereocenters. The van der Waals surface area contributed by atoms with Gasteiger partial charge in [0.05, 0.1) is 29.5 Å². The second kappa shape index (κ2) is 5.86. The summed E-state index contributed by atoms with van der Waals surface area (Å²) in [6, 6.07) is 8.91. The summed E-state index contributed by atoms with van der Waals surface area (Å²) in [5.41, 5.74) is 1.93. The van der Waals surface area contributed by atoms with E-state index in [0.717, 1.165) is 6.20 Å². The number of sulfonamides is 1. The molecular formula is C14H12FN5O2S. The molecule has 2 N–H and O–H groups in total. The summed E-state index contributed by atoms with van der Waals surface area (Å²) in [4.78, 5) is 3.98. The van der Waals surface area contributed by atoms with Crippen LogP contribution in [0.4, 0.5) is 4.39 Å². The van der Waals surface area contributed by atoms with Crippen LogP contribution in [-0.4, -0.2) is 28.4 Å². The maximum Gasteiger partial charge on any atom is 0.238 e. The van der Waals surface area contributed by atoms with E-state index in [9.17, 15) is 12.8 Å². The summed E-state index contributed by atoms with van der Waals surface area (Å²) in [5, 5.41) is 13.0. The number of hydrogen-bond acceptors (Lipinski definition) is 5. The normalized spacial score (nSPS) is 11.6. The second-order valence-electron chi connectivity index (χ2n) is 4.84. The molecule has 0 aliphatic carbocycles. The zero-order chi connectivity index (χ0) is 16.4. The van der Waals surface area contributed by atoms with Crippen LogP contribution in [0.3, 0.4) is 0 Å². The van der Waals surface area contributed by atoms with Gasteiger partial charge in [0, 0.05) is 5.56 Å². The lowest BCUT2D eigenvalue weighted by atomic mass is 10.2. The van der Waals surface area contributed by atoms with E-state index in [1.54, 1.807) is 29.1 Å². The molecule has 1 aromatic carbocycles.